The number of phenolic OH excluding ortho intramolecular Hbond substituents is 1. The molecule has 0 spiro atoms. The lowest BCUT2D eigenvalue weighted by Gasteiger charge is -2.09. The van der Waals surface area contributed by atoms with E-state index in [9.17, 15) is 15.2 Å². The zero-order valence-electron chi connectivity index (χ0n) is 15.8. The second-order valence-corrected chi connectivity index (χ2v) is 7.72. The number of amides is 1. The minimum atomic E-state index is -0.606. The first kappa shape index (κ1) is 21.5. The van der Waals surface area contributed by atoms with Crippen molar-refractivity contribution in [1.82, 2.24) is 9.36 Å². The summed E-state index contributed by atoms with van der Waals surface area (Å²) >= 11 is 2.56. The average molecular weight is 421 g/mol. The van der Waals surface area contributed by atoms with E-state index in [4.69, 9.17) is 9.47 Å². The van der Waals surface area contributed by atoms with E-state index >= 15 is 0 Å². The number of thioether (sulfide) groups is 1. The minimum absolute atomic E-state index is 0.138. The normalized spacial score (nSPS) is 11.2. The van der Waals surface area contributed by atoms with E-state index in [0.29, 0.717) is 21.8 Å². The Balaban J connectivity index is 2.19. The van der Waals surface area contributed by atoms with Crippen molar-refractivity contribution in [2.45, 2.75) is 19.0 Å². The molecule has 2 aromatic rings. The van der Waals surface area contributed by atoms with Crippen LogP contribution in [0.1, 0.15) is 19.4 Å². The Morgan fingerprint density at radius 3 is 2.57 bits per heavy atom. The zero-order chi connectivity index (χ0) is 20.7. The molecule has 0 saturated heterocycles. The van der Waals surface area contributed by atoms with E-state index in [1.807, 2.05) is 6.07 Å². The SMILES string of the molecule is COc1cc(/C=C(/C#N)C(=O)Nc2nc(SCC(C)C)ns2)cc(OC)c1O. The second kappa shape index (κ2) is 9.96. The molecule has 0 radical (unpaired) electrons. The molecule has 1 aromatic heterocycles. The number of phenols is 1. The highest BCUT2D eigenvalue weighted by Gasteiger charge is 2.15. The molecule has 2 rings (SSSR count). The van der Waals surface area contributed by atoms with Gasteiger partial charge in [-0.3, -0.25) is 10.1 Å². The topological polar surface area (TPSA) is 117 Å². The molecule has 1 heterocycles. The fourth-order valence-electron chi connectivity index (χ4n) is 2.04. The van der Waals surface area contributed by atoms with Gasteiger partial charge < -0.3 is 14.6 Å². The lowest BCUT2D eigenvalue weighted by atomic mass is 10.1. The number of benzene rings is 1. The van der Waals surface area contributed by atoms with Crippen LogP contribution in [-0.2, 0) is 4.79 Å². The van der Waals surface area contributed by atoms with E-state index in [-0.39, 0.29) is 22.8 Å². The summed E-state index contributed by atoms with van der Waals surface area (Å²) in [5.74, 6) is 0.936. The van der Waals surface area contributed by atoms with Crippen molar-refractivity contribution in [2.75, 3.05) is 25.3 Å². The Kier molecular flexibility index (Phi) is 7.66. The van der Waals surface area contributed by atoms with Gasteiger partial charge >= 0.3 is 0 Å². The van der Waals surface area contributed by atoms with Crippen LogP contribution in [0.4, 0.5) is 5.13 Å². The van der Waals surface area contributed by atoms with Crippen LogP contribution in [0.2, 0.25) is 0 Å². The van der Waals surface area contributed by atoms with Crippen LogP contribution in [0, 0.1) is 17.2 Å². The summed E-state index contributed by atoms with van der Waals surface area (Å²) in [6.45, 7) is 4.19. The maximum atomic E-state index is 12.4. The van der Waals surface area contributed by atoms with Crippen LogP contribution in [0.5, 0.6) is 17.2 Å². The molecule has 28 heavy (non-hydrogen) atoms. The Bertz CT molecular complexity index is 894. The number of nitrogens with zero attached hydrogens (tertiary/aromatic N) is 3. The molecule has 0 bridgehead atoms. The third-order valence-corrected chi connectivity index (χ3v) is 5.37. The minimum Gasteiger partial charge on any atom is -0.502 e. The first-order valence-electron chi connectivity index (χ1n) is 8.22. The highest BCUT2D eigenvalue weighted by Crippen LogP contribution is 2.37. The Labute approximate surface area is 171 Å². The van der Waals surface area contributed by atoms with Crippen LogP contribution in [0.15, 0.2) is 22.9 Å². The molecule has 0 fully saturated rings. The van der Waals surface area contributed by atoms with E-state index < -0.39 is 5.91 Å². The quantitative estimate of drug-likeness (QED) is 0.378. The smallest absolute Gasteiger partial charge is 0.268 e. The number of nitrogens with one attached hydrogen (secondary N) is 1. The van der Waals surface area contributed by atoms with Gasteiger partial charge in [-0.15, -0.1) is 0 Å². The molecule has 148 valence electrons. The van der Waals surface area contributed by atoms with Gasteiger partial charge in [-0.25, -0.2) is 0 Å². The molecule has 0 aliphatic heterocycles. The predicted molar refractivity (Wildman–Crippen MR) is 109 cm³/mol. The number of carbonyl (C=O) groups excluding carboxylic acids is 1. The summed E-state index contributed by atoms with van der Waals surface area (Å²) in [5.41, 5.74) is 0.324. The summed E-state index contributed by atoms with van der Waals surface area (Å²) in [7, 11) is 2.79. The van der Waals surface area contributed by atoms with Crippen LogP contribution >= 0.6 is 23.3 Å². The highest BCUT2D eigenvalue weighted by atomic mass is 32.2. The third-order valence-electron chi connectivity index (χ3n) is 3.35. The molecule has 0 aliphatic rings. The van der Waals surface area contributed by atoms with Gasteiger partial charge in [0.05, 0.1) is 14.2 Å². The number of rotatable bonds is 8. The zero-order valence-corrected chi connectivity index (χ0v) is 17.5. The molecular weight excluding hydrogens is 400 g/mol. The standard InChI is InChI=1S/C18H20N4O4S2/c1-10(2)9-27-18-21-17(28-22-18)20-16(24)12(8-19)5-11-6-13(25-3)15(23)14(7-11)26-4/h5-7,10,23H,9H2,1-4H3,(H,20,21,22,24)/b12-5-. The molecular formula is C18H20N4O4S2. The predicted octanol–water partition coefficient (Wildman–Crippen LogP) is 3.55. The van der Waals surface area contributed by atoms with E-state index in [2.05, 4.69) is 28.5 Å². The van der Waals surface area contributed by atoms with Gasteiger partial charge in [-0.1, -0.05) is 25.6 Å². The lowest BCUT2D eigenvalue weighted by Crippen LogP contribution is -2.13. The summed E-state index contributed by atoms with van der Waals surface area (Å²) in [6, 6.07) is 4.85. The number of carbonyl (C=O) groups is 1. The van der Waals surface area contributed by atoms with Crippen LogP contribution in [0.25, 0.3) is 6.08 Å². The van der Waals surface area contributed by atoms with E-state index in [1.165, 1.54) is 44.2 Å². The fourth-order valence-corrected chi connectivity index (χ4v) is 3.53. The van der Waals surface area contributed by atoms with E-state index in [0.717, 1.165) is 17.3 Å². The van der Waals surface area contributed by atoms with Gasteiger partial charge in [-0.05, 0) is 29.7 Å². The van der Waals surface area contributed by atoms with Crippen LogP contribution in [-0.4, -0.2) is 40.3 Å². The highest BCUT2D eigenvalue weighted by molar-refractivity contribution is 7.99. The first-order valence-corrected chi connectivity index (χ1v) is 9.98. The maximum absolute atomic E-state index is 12.4. The number of aromatic hydroxyl groups is 1. The van der Waals surface area contributed by atoms with Gasteiger partial charge in [-0.2, -0.15) is 14.6 Å². The number of hydrogen-bond donors (Lipinski definition) is 2. The molecule has 1 aromatic carbocycles. The Hall–Kier alpha value is -2.77. The number of anilines is 1. The second-order valence-electron chi connectivity index (χ2n) is 5.98. The molecule has 8 nitrogen and oxygen atoms in total. The van der Waals surface area contributed by atoms with Gasteiger partial charge in [0, 0.05) is 17.3 Å². The molecule has 10 heteroatoms. The van der Waals surface area contributed by atoms with Crippen molar-refractivity contribution in [3.05, 3.63) is 23.3 Å². The monoisotopic (exact) mass is 420 g/mol. The van der Waals surface area contributed by atoms with E-state index in [1.54, 1.807) is 0 Å². The number of aromatic nitrogens is 2. The summed E-state index contributed by atoms with van der Waals surface area (Å²) in [4.78, 5) is 16.7. The van der Waals surface area contributed by atoms with Gasteiger partial charge in [0.25, 0.3) is 5.91 Å². The average Bonchev–Trinajstić information content (AvgIpc) is 3.12. The van der Waals surface area contributed by atoms with Crippen molar-refractivity contribution < 1.29 is 19.4 Å². The molecule has 0 unspecified atom stereocenters. The van der Waals surface area contributed by atoms with Crippen molar-refractivity contribution >= 4 is 40.4 Å². The largest absolute Gasteiger partial charge is 0.502 e. The summed E-state index contributed by atoms with van der Waals surface area (Å²) in [6.07, 6.45) is 1.37. The number of hydrogen-bond acceptors (Lipinski definition) is 9. The first-order chi connectivity index (χ1) is 13.4. The number of methoxy groups -OCH3 is 2. The maximum Gasteiger partial charge on any atom is 0.268 e. The van der Waals surface area contributed by atoms with Crippen molar-refractivity contribution in [3.63, 3.8) is 0 Å². The Morgan fingerprint density at radius 1 is 1.39 bits per heavy atom. The number of nitriles is 1. The molecule has 0 saturated carbocycles. The fraction of sp³-hybridized carbons (Fsp3) is 0.333. The molecule has 2 N–H and O–H groups in total. The molecule has 0 atom stereocenters. The van der Waals surface area contributed by atoms with Crippen molar-refractivity contribution in [1.29, 1.82) is 5.26 Å². The van der Waals surface area contributed by atoms with Gasteiger partial charge in [0.2, 0.25) is 16.0 Å². The van der Waals surface area contributed by atoms with Gasteiger partial charge in [0.15, 0.2) is 11.5 Å². The lowest BCUT2D eigenvalue weighted by molar-refractivity contribution is -0.112. The Morgan fingerprint density at radius 2 is 2.04 bits per heavy atom. The van der Waals surface area contributed by atoms with Crippen molar-refractivity contribution in [2.24, 2.45) is 5.92 Å². The van der Waals surface area contributed by atoms with Crippen LogP contribution in [0.3, 0.4) is 0 Å². The van der Waals surface area contributed by atoms with Crippen molar-refractivity contribution in [3.8, 4) is 23.3 Å². The van der Waals surface area contributed by atoms with Gasteiger partial charge in [0.1, 0.15) is 11.6 Å². The number of ether oxygens (including phenoxy) is 2. The summed E-state index contributed by atoms with van der Waals surface area (Å²) < 4.78 is 14.3. The third kappa shape index (κ3) is 5.61. The summed E-state index contributed by atoms with van der Waals surface area (Å²) in [5, 5.41) is 22.8. The molecule has 1 amide bonds. The molecule has 0 aliphatic carbocycles. The van der Waals surface area contributed by atoms with Crippen LogP contribution < -0.4 is 14.8 Å².